The van der Waals surface area contributed by atoms with Crippen LogP contribution in [0.3, 0.4) is 0 Å². The first-order chi connectivity index (χ1) is 13.0. The quantitative estimate of drug-likeness (QED) is 0.690. The van der Waals surface area contributed by atoms with Crippen LogP contribution in [0.5, 0.6) is 0 Å². The Hall–Kier alpha value is -2.06. The summed E-state index contributed by atoms with van der Waals surface area (Å²) in [5.74, 6) is -3.49. The lowest BCUT2D eigenvalue weighted by Crippen LogP contribution is -2.55. The Morgan fingerprint density at radius 2 is 1.74 bits per heavy atom. The molecule has 2 saturated heterocycles. The van der Waals surface area contributed by atoms with Crippen LogP contribution in [0.1, 0.15) is 37.2 Å². The molecule has 1 aliphatic carbocycles. The Morgan fingerprint density at radius 3 is 2.37 bits per heavy atom. The van der Waals surface area contributed by atoms with Crippen LogP contribution in [0, 0.1) is 11.6 Å². The van der Waals surface area contributed by atoms with E-state index in [1.54, 1.807) is 0 Å². The Kier molecular flexibility index (Phi) is 5.10. The first-order valence-electron chi connectivity index (χ1n) is 9.55. The van der Waals surface area contributed by atoms with Crippen LogP contribution in [0.2, 0.25) is 0 Å². The van der Waals surface area contributed by atoms with E-state index in [4.69, 9.17) is 0 Å². The number of benzene rings is 1. The van der Waals surface area contributed by atoms with Crippen molar-refractivity contribution in [3.8, 4) is 0 Å². The van der Waals surface area contributed by atoms with E-state index in [0.717, 1.165) is 39.0 Å². The standard InChI is InChI=1S/C19H24F2N4O2/c20-15-9-12(23-11-7-13(8-11)25-5-3-22-4-6-25)10-16(21)18(15)14-1-2-17(26)24-19(14)27/h9-11,13-14,22-23H,1-8H2,(H,24,26,27). The summed E-state index contributed by atoms with van der Waals surface area (Å²) >= 11 is 0. The monoisotopic (exact) mass is 378 g/mol. The number of carbonyl (C=O) groups excluding carboxylic acids is 2. The minimum atomic E-state index is -0.961. The molecule has 6 nitrogen and oxygen atoms in total. The molecule has 2 amide bonds. The molecule has 8 heteroatoms. The number of halogens is 2. The lowest BCUT2D eigenvalue weighted by atomic mass is 9.84. The molecule has 27 heavy (non-hydrogen) atoms. The summed E-state index contributed by atoms with van der Waals surface area (Å²) in [5, 5.41) is 8.68. The molecule has 146 valence electrons. The van der Waals surface area contributed by atoms with Crippen LogP contribution in [0.25, 0.3) is 0 Å². The number of hydrogen-bond acceptors (Lipinski definition) is 5. The summed E-state index contributed by atoms with van der Waals surface area (Å²) in [6, 6.07) is 3.23. The number of anilines is 1. The molecule has 4 rings (SSSR count). The summed E-state index contributed by atoms with van der Waals surface area (Å²) in [5.41, 5.74) is 0.141. The van der Waals surface area contributed by atoms with E-state index in [0.29, 0.717) is 11.7 Å². The Morgan fingerprint density at radius 1 is 1.07 bits per heavy atom. The molecular formula is C19H24F2N4O2. The highest BCUT2D eigenvalue weighted by molar-refractivity contribution is 6.01. The molecule has 1 aromatic carbocycles. The van der Waals surface area contributed by atoms with E-state index in [-0.39, 0.29) is 24.4 Å². The second kappa shape index (κ2) is 7.52. The van der Waals surface area contributed by atoms with E-state index in [9.17, 15) is 18.4 Å². The van der Waals surface area contributed by atoms with Gasteiger partial charge in [-0.25, -0.2) is 8.78 Å². The number of amides is 2. The molecule has 1 atom stereocenters. The minimum absolute atomic E-state index is 0.0881. The molecular weight excluding hydrogens is 354 g/mol. The molecule has 3 aliphatic rings. The Balaban J connectivity index is 1.39. The van der Waals surface area contributed by atoms with Gasteiger partial charge in [-0.2, -0.15) is 0 Å². The van der Waals surface area contributed by atoms with Gasteiger partial charge < -0.3 is 10.6 Å². The van der Waals surface area contributed by atoms with Gasteiger partial charge in [-0.15, -0.1) is 0 Å². The van der Waals surface area contributed by atoms with Crippen molar-refractivity contribution in [1.29, 1.82) is 0 Å². The third kappa shape index (κ3) is 3.82. The van der Waals surface area contributed by atoms with E-state index >= 15 is 0 Å². The maximum atomic E-state index is 14.5. The second-order valence-electron chi connectivity index (χ2n) is 7.61. The van der Waals surface area contributed by atoms with Crippen molar-refractivity contribution in [2.75, 3.05) is 31.5 Å². The van der Waals surface area contributed by atoms with E-state index < -0.39 is 29.4 Å². The predicted molar refractivity (Wildman–Crippen MR) is 96.4 cm³/mol. The molecule has 3 N–H and O–H groups in total. The average Bonchev–Trinajstić information content (AvgIpc) is 2.60. The molecule has 3 fully saturated rings. The van der Waals surface area contributed by atoms with Gasteiger partial charge in [0.25, 0.3) is 0 Å². The smallest absolute Gasteiger partial charge is 0.234 e. The topological polar surface area (TPSA) is 73.5 Å². The maximum absolute atomic E-state index is 14.5. The fraction of sp³-hybridized carbons (Fsp3) is 0.579. The molecule has 2 aliphatic heterocycles. The first kappa shape index (κ1) is 18.3. The number of hydrogen-bond donors (Lipinski definition) is 3. The molecule has 0 radical (unpaired) electrons. The third-order valence-corrected chi connectivity index (χ3v) is 5.82. The molecule has 1 aromatic rings. The fourth-order valence-electron chi connectivity index (χ4n) is 4.26. The fourth-order valence-corrected chi connectivity index (χ4v) is 4.26. The van der Waals surface area contributed by atoms with Crippen LogP contribution in [0.4, 0.5) is 14.5 Å². The number of carbonyl (C=O) groups is 2. The molecule has 0 bridgehead atoms. The molecule has 0 aromatic heterocycles. The number of rotatable bonds is 4. The largest absolute Gasteiger partial charge is 0.382 e. The van der Waals surface area contributed by atoms with Gasteiger partial charge in [0.05, 0.1) is 5.92 Å². The van der Waals surface area contributed by atoms with Crippen LogP contribution in [0.15, 0.2) is 12.1 Å². The van der Waals surface area contributed by atoms with Gasteiger partial charge in [0.15, 0.2) is 0 Å². The zero-order valence-corrected chi connectivity index (χ0v) is 15.1. The van der Waals surface area contributed by atoms with E-state index in [1.807, 2.05) is 0 Å². The molecule has 1 saturated carbocycles. The Bertz CT molecular complexity index is 722. The van der Waals surface area contributed by atoms with Crippen LogP contribution >= 0.6 is 0 Å². The summed E-state index contributed by atoms with van der Waals surface area (Å²) < 4.78 is 29.1. The van der Waals surface area contributed by atoms with E-state index in [2.05, 4.69) is 20.9 Å². The summed E-state index contributed by atoms with van der Waals surface area (Å²) in [6.07, 6.45) is 2.13. The maximum Gasteiger partial charge on any atom is 0.234 e. The molecule has 0 spiro atoms. The number of nitrogens with zero attached hydrogens (tertiary/aromatic N) is 1. The zero-order valence-electron chi connectivity index (χ0n) is 15.1. The number of piperazine rings is 1. The van der Waals surface area contributed by atoms with Crippen LogP contribution in [-0.2, 0) is 9.59 Å². The number of piperidine rings is 1. The number of nitrogens with one attached hydrogen (secondary N) is 3. The minimum Gasteiger partial charge on any atom is -0.382 e. The number of imide groups is 1. The van der Waals surface area contributed by atoms with Gasteiger partial charge in [-0.3, -0.25) is 19.8 Å². The van der Waals surface area contributed by atoms with Crippen LogP contribution < -0.4 is 16.0 Å². The average molecular weight is 378 g/mol. The molecule has 1 unspecified atom stereocenters. The van der Waals surface area contributed by atoms with Gasteiger partial charge in [-0.1, -0.05) is 0 Å². The first-order valence-corrected chi connectivity index (χ1v) is 9.55. The lowest BCUT2D eigenvalue weighted by Gasteiger charge is -2.45. The van der Waals surface area contributed by atoms with Crippen molar-refractivity contribution in [3.05, 3.63) is 29.3 Å². The van der Waals surface area contributed by atoms with Crippen molar-refractivity contribution in [3.63, 3.8) is 0 Å². The van der Waals surface area contributed by atoms with Crippen LogP contribution in [-0.4, -0.2) is 55.0 Å². The SMILES string of the molecule is O=C1CCC(c2c(F)cc(NC3CC(N4CCNCC4)C3)cc2F)C(=O)N1. The van der Waals surface area contributed by atoms with Gasteiger partial charge >= 0.3 is 0 Å². The van der Waals surface area contributed by atoms with Gasteiger partial charge in [0.1, 0.15) is 11.6 Å². The van der Waals surface area contributed by atoms with Gasteiger partial charge in [0, 0.05) is 55.9 Å². The Labute approximate surface area is 156 Å². The zero-order chi connectivity index (χ0) is 19.0. The lowest BCUT2D eigenvalue weighted by molar-refractivity contribution is -0.134. The van der Waals surface area contributed by atoms with Gasteiger partial charge in [-0.05, 0) is 31.4 Å². The van der Waals surface area contributed by atoms with Crippen molar-refractivity contribution >= 4 is 17.5 Å². The van der Waals surface area contributed by atoms with Crippen molar-refractivity contribution in [1.82, 2.24) is 15.5 Å². The predicted octanol–water partition coefficient (Wildman–Crippen LogP) is 1.33. The summed E-state index contributed by atoms with van der Waals surface area (Å²) in [4.78, 5) is 25.6. The molecule has 2 heterocycles. The highest BCUT2D eigenvalue weighted by Gasteiger charge is 2.35. The highest BCUT2D eigenvalue weighted by atomic mass is 19.1. The van der Waals surface area contributed by atoms with Gasteiger partial charge in [0.2, 0.25) is 11.8 Å². The summed E-state index contributed by atoms with van der Waals surface area (Å²) in [7, 11) is 0. The normalized spacial score (nSPS) is 29.2. The third-order valence-electron chi connectivity index (χ3n) is 5.82. The van der Waals surface area contributed by atoms with Crippen molar-refractivity contribution < 1.29 is 18.4 Å². The van der Waals surface area contributed by atoms with Crippen molar-refractivity contribution in [2.45, 2.75) is 43.7 Å². The highest BCUT2D eigenvalue weighted by Crippen LogP contribution is 2.33. The summed E-state index contributed by atoms with van der Waals surface area (Å²) in [6.45, 7) is 4.10. The van der Waals surface area contributed by atoms with Crippen molar-refractivity contribution in [2.24, 2.45) is 0 Å². The second-order valence-corrected chi connectivity index (χ2v) is 7.61. The van der Waals surface area contributed by atoms with E-state index in [1.165, 1.54) is 12.1 Å².